The fraction of sp³-hybridized carbons (Fsp3) is 0.226. The molecule has 1 aliphatic heterocycles. The predicted octanol–water partition coefficient (Wildman–Crippen LogP) is 7.32. The Morgan fingerprint density at radius 3 is 2.64 bits per heavy atom. The van der Waals surface area contributed by atoms with Gasteiger partial charge in [0, 0.05) is 34.8 Å². The van der Waals surface area contributed by atoms with Gasteiger partial charge in [0.15, 0.2) is 0 Å². The van der Waals surface area contributed by atoms with Gasteiger partial charge in [-0.3, -0.25) is 4.79 Å². The van der Waals surface area contributed by atoms with Crippen molar-refractivity contribution < 1.29 is 9.32 Å². The fourth-order valence-electron chi connectivity index (χ4n) is 5.15. The number of carbonyl (C=O) groups excluding carboxylic acids is 1. The van der Waals surface area contributed by atoms with Gasteiger partial charge in [-0.1, -0.05) is 47.6 Å². The molecule has 39 heavy (non-hydrogen) atoms. The normalized spacial score (nSPS) is 13.9. The number of benzene rings is 2. The van der Waals surface area contributed by atoms with E-state index in [1.54, 1.807) is 22.7 Å². The Bertz CT molecular complexity index is 1640. The van der Waals surface area contributed by atoms with Gasteiger partial charge in [0.2, 0.25) is 5.91 Å². The SMILES string of the molecule is Cc1onc(-c2cc(-c3ccccc3)ccc2C#N)c1-c1csc(C2CCN(C(=O)Cc3cccs3)CC2)n1. The van der Waals surface area contributed by atoms with E-state index in [1.165, 1.54) is 0 Å². The van der Waals surface area contributed by atoms with Gasteiger partial charge in [0.05, 0.1) is 34.3 Å². The minimum Gasteiger partial charge on any atom is -0.360 e. The maximum Gasteiger partial charge on any atom is 0.227 e. The molecule has 8 heteroatoms. The molecule has 6 rings (SSSR count). The molecule has 0 bridgehead atoms. The van der Waals surface area contributed by atoms with Crippen molar-refractivity contribution in [3.63, 3.8) is 0 Å². The van der Waals surface area contributed by atoms with Crippen LogP contribution in [-0.4, -0.2) is 34.0 Å². The summed E-state index contributed by atoms with van der Waals surface area (Å²) < 4.78 is 5.65. The topological polar surface area (TPSA) is 83.0 Å². The molecule has 0 spiro atoms. The van der Waals surface area contributed by atoms with Crippen LogP contribution in [0.25, 0.3) is 33.6 Å². The van der Waals surface area contributed by atoms with Crippen molar-refractivity contribution in [2.45, 2.75) is 32.1 Å². The first kappa shape index (κ1) is 25.2. The zero-order chi connectivity index (χ0) is 26.8. The number of amides is 1. The molecular weight excluding hydrogens is 525 g/mol. The number of hydrogen-bond donors (Lipinski definition) is 0. The second kappa shape index (κ2) is 11.0. The van der Waals surface area contributed by atoms with Crippen molar-refractivity contribution in [1.29, 1.82) is 5.26 Å². The van der Waals surface area contributed by atoms with Gasteiger partial charge in [-0.15, -0.1) is 22.7 Å². The summed E-state index contributed by atoms with van der Waals surface area (Å²) in [5, 5.41) is 19.4. The molecule has 3 aromatic heterocycles. The van der Waals surface area contributed by atoms with Crippen molar-refractivity contribution in [3.8, 4) is 39.7 Å². The van der Waals surface area contributed by atoms with E-state index < -0.39 is 0 Å². The summed E-state index contributed by atoms with van der Waals surface area (Å²) >= 11 is 3.27. The molecule has 2 aromatic carbocycles. The van der Waals surface area contributed by atoms with Crippen LogP contribution >= 0.6 is 22.7 Å². The van der Waals surface area contributed by atoms with E-state index in [-0.39, 0.29) is 5.91 Å². The number of aromatic nitrogens is 2. The summed E-state index contributed by atoms with van der Waals surface area (Å²) in [4.78, 5) is 20.8. The predicted molar refractivity (Wildman–Crippen MR) is 155 cm³/mol. The van der Waals surface area contributed by atoms with Gasteiger partial charge in [-0.2, -0.15) is 5.26 Å². The second-order valence-corrected chi connectivity index (χ2v) is 11.6. The van der Waals surface area contributed by atoms with Gasteiger partial charge in [0.1, 0.15) is 11.5 Å². The molecule has 6 nitrogen and oxygen atoms in total. The van der Waals surface area contributed by atoms with E-state index in [9.17, 15) is 10.1 Å². The highest BCUT2D eigenvalue weighted by Crippen LogP contribution is 2.40. The number of aryl methyl sites for hydroxylation is 1. The molecule has 5 aromatic rings. The van der Waals surface area contributed by atoms with Crippen LogP contribution in [0.3, 0.4) is 0 Å². The Morgan fingerprint density at radius 2 is 1.90 bits per heavy atom. The third kappa shape index (κ3) is 5.16. The van der Waals surface area contributed by atoms with Crippen LogP contribution in [-0.2, 0) is 11.2 Å². The van der Waals surface area contributed by atoms with Crippen LogP contribution in [0.4, 0.5) is 0 Å². The minimum absolute atomic E-state index is 0.200. The Kier molecular flexibility index (Phi) is 7.10. The average Bonchev–Trinajstić information content (AvgIpc) is 3.75. The highest BCUT2D eigenvalue weighted by atomic mass is 32.1. The quantitative estimate of drug-likeness (QED) is 0.221. The summed E-state index contributed by atoms with van der Waals surface area (Å²) in [6, 6.07) is 22.2. The monoisotopic (exact) mass is 550 g/mol. The highest BCUT2D eigenvalue weighted by Gasteiger charge is 2.28. The van der Waals surface area contributed by atoms with E-state index in [0.717, 1.165) is 63.8 Å². The number of hydrogen-bond acceptors (Lipinski definition) is 7. The first-order valence-electron chi connectivity index (χ1n) is 12.9. The third-order valence-electron chi connectivity index (χ3n) is 7.25. The third-order valence-corrected chi connectivity index (χ3v) is 9.13. The Morgan fingerprint density at radius 1 is 1.08 bits per heavy atom. The van der Waals surface area contributed by atoms with E-state index in [4.69, 9.17) is 9.51 Å². The summed E-state index contributed by atoms with van der Waals surface area (Å²) in [6.45, 7) is 3.38. The largest absolute Gasteiger partial charge is 0.360 e. The number of nitriles is 1. The molecule has 1 aliphatic rings. The summed E-state index contributed by atoms with van der Waals surface area (Å²) in [5.41, 5.74) is 5.62. The van der Waals surface area contributed by atoms with Crippen molar-refractivity contribution in [2.24, 2.45) is 0 Å². The summed E-state index contributed by atoms with van der Waals surface area (Å²) in [5.74, 6) is 1.19. The van der Waals surface area contributed by atoms with Gasteiger partial charge in [-0.25, -0.2) is 4.98 Å². The summed E-state index contributed by atoms with van der Waals surface area (Å²) in [6.07, 6.45) is 2.28. The van der Waals surface area contributed by atoms with Crippen LogP contribution in [0, 0.1) is 18.3 Å². The van der Waals surface area contributed by atoms with E-state index in [0.29, 0.717) is 29.4 Å². The summed E-state index contributed by atoms with van der Waals surface area (Å²) in [7, 11) is 0. The molecule has 0 atom stereocenters. The maximum absolute atomic E-state index is 12.7. The van der Waals surface area contributed by atoms with E-state index >= 15 is 0 Å². The average molecular weight is 551 g/mol. The Hall–Kier alpha value is -4.06. The number of piperidine rings is 1. The molecule has 4 heterocycles. The second-order valence-electron chi connectivity index (χ2n) is 9.68. The molecule has 1 saturated heterocycles. The minimum atomic E-state index is 0.200. The fourth-order valence-corrected chi connectivity index (χ4v) is 6.82. The molecule has 0 aliphatic carbocycles. The first-order valence-corrected chi connectivity index (χ1v) is 14.7. The van der Waals surface area contributed by atoms with Crippen LogP contribution in [0.2, 0.25) is 0 Å². The zero-order valence-electron chi connectivity index (χ0n) is 21.5. The number of rotatable bonds is 6. The Labute approximate surface area is 235 Å². The molecule has 0 N–H and O–H groups in total. The molecular formula is C31H26N4O2S2. The van der Waals surface area contributed by atoms with Crippen molar-refractivity contribution in [2.75, 3.05) is 13.1 Å². The number of thiophene rings is 1. The van der Waals surface area contributed by atoms with Crippen LogP contribution < -0.4 is 0 Å². The smallest absolute Gasteiger partial charge is 0.227 e. The molecule has 1 amide bonds. The number of nitrogens with zero attached hydrogens (tertiary/aromatic N) is 4. The standard InChI is InChI=1S/C31H26N4O2S2/c1-20-29(30(34-37-20)26-16-23(9-10-24(26)18-32)21-6-3-2-4-7-21)27-19-39-31(33-27)22-11-13-35(14-12-22)28(36)17-25-8-5-15-38-25/h2-10,15-16,19,22H,11-14,17H2,1H3. The van der Waals surface area contributed by atoms with Crippen molar-refractivity contribution in [3.05, 3.63) is 92.6 Å². The van der Waals surface area contributed by atoms with Crippen LogP contribution in [0.5, 0.6) is 0 Å². The lowest BCUT2D eigenvalue weighted by Crippen LogP contribution is -2.38. The number of likely N-dealkylation sites (tertiary alicyclic amines) is 1. The first-order chi connectivity index (χ1) is 19.1. The van der Waals surface area contributed by atoms with E-state index in [2.05, 4.69) is 16.6 Å². The lowest BCUT2D eigenvalue weighted by molar-refractivity contribution is -0.131. The highest BCUT2D eigenvalue weighted by molar-refractivity contribution is 7.10. The number of carbonyl (C=O) groups is 1. The van der Waals surface area contributed by atoms with E-state index in [1.807, 2.05) is 77.9 Å². The lowest BCUT2D eigenvalue weighted by Gasteiger charge is -2.31. The van der Waals surface area contributed by atoms with Crippen molar-refractivity contribution >= 4 is 28.6 Å². The van der Waals surface area contributed by atoms with Crippen molar-refractivity contribution in [1.82, 2.24) is 15.0 Å². The van der Waals surface area contributed by atoms with Gasteiger partial charge in [0.25, 0.3) is 0 Å². The molecule has 0 unspecified atom stereocenters. The van der Waals surface area contributed by atoms with Gasteiger partial charge >= 0.3 is 0 Å². The lowest BCUT2D eigenvalue weighted by atomic mass is 9.95. The molecule has 1 fully saturated rings. The van der Waals surface area contributed by atoms with Crippen LogP contribution in [0.15, 0.2) is 75.9 Å². The zero-order valence-corrected chi connectivity index (χ0v) is 23.1. The van der Waals surface area contributed by atoms with Gasteiger partial charge in [-0.05, 0) is 54.5 Å². The number of thiazole rings is 1. The molecule has 194 valence electrons. The molecule has 0 saturated carbocycles. The Balaban J connectivity index is 1.24. The molecule has 0 radical (unpaired) electrons. The van der Waals surface area contributed by atoms with Gasteiger partial charge < -0.3 is 9.42 Å². The van der Waals surface area contributed by atoms with Crippen LogP contribution in [0.1, 0.15) is 40.0 Å². The maximum atomic E-state index is 12.7.